The standard InChI is InChI=1S/C12H13N5O/c18-12-7-13-8-17(15-12)6-5-16-9-14-10-3-1-2-4-11(10)16/h1-4,7-9,15,18H,5-6H2. The van der Waals surface area contributed by atoms with Gasteiger partial charge in [-0.25, -0.2) is 9.98 Å². The molecular formula is C12H13N5O. The highest BCUT2D eigenvalue weighted by Crippen LogP contribution is 2.11. The first-order valence-corrected chi connectivity index (χ1v) is 5.68. The third-order valence-corrected chi connectivity index (χ3v) is 2.77. The van der Waals surface area contributed by atoms with Crippen molar-refractivity contribution in [2.75, 3.05) is 6.54 Å². The van der Waals surface area contributed by atoms with Crippen LogP contribution in [0.25, 0.3) is 11.0 Å². The lowest BCUT2D eigenvalue weighted by atomic mass is 10.3. The summed E-state index contributed by atoms with van der Waals surface area (Å²) in [6.07, 6.45) is 4.82. The number of imidazole rings is 1. The Labute approximate surface area is 104 Å². The number of aliphatic hydroxyl groups is 1. The molecule has 0 saturated carbocycles. The van der Waals surface area contributed by atoms with Crippen LogP contribution in [0.1, 0.15) is 0 Å². The molecule has 1 aliphatic rings. The predicted octanol–water partition coefficient (Wildman–Crippen LogP) is 1.24. The Bertz CT molecular complexity index is 616. The molecule has 0 fully saturated rings. The summed E-state index contributed by atoms with van der Waals surface area (Å²) in [6.45, 7) is 1.44. The molecule has 2 heterocycles. The molecule has 92 valence electrons. The summed E-state index contributed by atoms with van der Waals surface area (Å²) in [4.78, 5) is 8.23. The van der Waals surface area contributed by atoms with E-state index in [0.717, 1.165) is 17.6 Å². The van der Waals surface area contributed by atoms with E-state index >= 15 is 0 Å². The van der Waals surface area contributed by atoms with Gasteiger partial charge in [-0.15, -0.1) is 0 Å². The highest BCUT2D eigenvalue weighted by Gasteiger charge is 2.07. The molecule has 18 heavy (non-hydrogen) atoms. The van der Waals surface area contributed by atoms with E-state index in [1.807, 2.05) is 30.6 Å². The summed E-state index contributed by atoms with van der Waals surface area (Å²) in [5, 5.41) is 11.0. The van der Waals surface area contributed by atoms with Gasteiger partial charge in [0.05, 0.1) is 30.1 Å². The molecule has 1 aromatic carbocycles. The fraction of sp³-hybridized carbons (Fsp3) is 0.167. The molecule has 0 aliphatic carbocycles. The molecule has 0 radical (unpaired) electrons. The molecule has 0 saturated heterocycles. The lowest BCUT2D eigenvalue weighted by molar-refractivity contribution is 0.240. The zero-order valence-electron chi connectivity index (χ0n) is 9.69. The summed E-state index contributed by atoms with van der Waals surface area (Å²) in [7, 11) is 0. The van der Waals surface area contributed by atoms with Gasteiger partial charge < -0.3 is 9.67 Å². The Morgan fingerprint density at radius 3 is 3.00 bits per heavy atom. The van der Waals surface area contributed by atoms with Crippen LogP contribution in [-0.2, 0) is 6.54 Å². The molecule has 0 bridgehead atoms. The van der Waals surface area contributed by atoms with Gasteiger partial charge in [0.1, 0.15) is 6.34 Å². The molecule has 1 aliphatic heterocycles. The number of benzene rings is 1. The molecule has 6 heteroatoms. The van der Waals surface area contributed by atoms with Gasteiger partial charge in [0.25, 0.3) is 0 Å². The topological polar surface area (TPSA) is 65.7 Å². The molecule has 0 atom stereocenters. The van der Waals surface area contributed by atoms with Crippen molar-refractivity contribution in [2.45, 2.75) is 6.54 Å². The van der Waals surface area contributed by atoms with E-state index in [1.54, 1.807) is 11.3 Å². The molecule has 2 aromatic rings. The van der Waals surface area contributed by atoms with Crippen LogP contribution >= 0.6 is 0 Å². The maximum Gasteiger partial charge on any atom is 0.222 e. The predicted molar refractivity (Wildman–Crippen MR) is 68.8 cm³/mol. The van der Waals surface area contributed by atoms with Gasteiger partial charge in [0, 0.05) is 6.54 Å². The van der Waals surface area contributed by atoms with E-state index in [9.17, 15) is 5.11 Å². The number of rotatable bonds is 3. The van der Waals surface area contributed by atoms with Gasteiger partial charge in [-0.1, -0.05) is 12.1 Å². The van der Waals surface area contributed by atoms with Crippen molar-refractivity contribution in [3.63, 3.8) is 0 Å². The fourth-order valence-corrected chi connectivity index (χ4v) is 1.91. The van der Waals surface area contributed by atoms with Crippen LogP contribution in [0.3, 0.4) is 0 Å². The molecule has 1 aromatic heterocycles. The first-order valence-electron chi connectivity index (χ1n) is 5.68. The molecule has 0 unspecified atom stereocenters. The minimum atomic E-state index is 0.0491. The van der Waals surface area contributed by atoms with Gasteiger partial charge in [-0.2, -0.15) is 0 Å². The van der Waals surface area contributed by atoms with Crippen molar-refractivity contribution in [3.05, 3.63) is 42.7 Å². The van der Waals surface area contributed by atoms with Crippen LogP contribution in [0.15, 0.2) is 47.7 Å². The van der Waals surface area contributed by atoms with Gasteiger partial charge in [-0.3, -0.25) is 10.4 Å². The fourth-order valence-electron chi connectivity index (χ4n) is 1.91. The molecule has 6 nitrogen and oxygen atoms in total. The van der Waals surface area contributed by atoms with Crippen LogP contribution in [0.4, 0.5) is 0 Å². The Balaban J connectivity index is 1.70. The van der Waals surface area contributed by atoms with Gasteiger partial charge in [-0.05, 0) is 12.1 Å². The summed E-state index contributed by atoms with van der Waals surface area (Å²) < 4.78 is 2.07. The number of nitrogens with zero attached hydrogens (tertiary/aromatic N) is 4. The van der Waals surface area contributed by atoms with E-state index < -0.39 is 0 Å². The summed E-state index contributed by atoms with van der Waals surface area (Å²) in [5.74, 6) is 0.0491. The number of nitrogens with one attached hydrogen (secondary N) is 1. The smallest absolute Gasteiger partial charge is 0.222 e. The first-order chi connectivity index (χ1) is 8.83. The lowest BCUT2D eigenvalue weighted by Gasteiger charge is -2.22. The Morgan fingerprint density at radius 1 is 1.22 bits per heavy atom. The van der Waals surface area contributed by atoms with Crippen LogP contribution < -0.4 is 5.43 Å². The third-order valence-electron chi connectivity index (χ3n) is 2.77. The molecule has 3 rings (SSSR count). The Morgan fingerprint density at radius 2 is 2.11 bits per heavy atom. The third kappa shape index (κ3) is 2.00. The minimum absolute atomic E-state index is 0.0491. The number of fused-ring (bicyclic) bond motifs is 1. The van der Waals surface area contributed by atoms with Crippen molar-refractivity contribution < 1.29 is 5.11 Å². The van der Waals surface area contributed by atoms with Crippen LogP contribution in [0.5, 0.6) is 0 Å². The molecule has 0 spiro atoms. The number of aliphatic imine (C=N–C) groups is 1. The maximum atomic E-state index is 9.28. The zero-order valence-corrected chi connectivity index (χ0v) is 9.69. The summed E-state index contributed by atoms with van der Waals surface area (Å²) in [6, 6.07) is 8.00. The normalized spacial score (nSPS) is 14.7. The number of aliphatic hydroxyl groups excluding tert-OH is 1. The van der Waals surface area contributed by atoms with Crippen molar-refractivity contribution in [1.29, 1.82) is 0 Å². The lowest BCUT2D eigenvalue weighted by Crippen LogP contribution is -2.40. The number of hydrazine groups is 1. The van der Waals surface area contributed by atoms with Crippen LogP contribution in [0.2, 0.25) is 0 Å². The average Bonchev–Trinajstić information content (AvgIpc) is 2.80. The summed E-state index contributed by atoms with van der Waals surface area (Å²) >= 11 is 0. The average molecular weight is 243 g/mol. The number of hydrogen-bond acceptors (Lipinski definition) is 5. The largest absolute Gasteiger partial charge is 0.493 e. The van der Waals surface area contributed by atoms with Gasteiger partial charge in [0.2, 0.25) is 5.88 Å². The highest BCUT2D eigenvalue weighted by molar-refractivity contribution is 5.74. The summed E-state index contributed by atoms with van der Waals surface area (Å²) in [5.41, 5.74) is 4.88. The SMILES string of the molecule is OC1=CN=CN(CCn2cnc3ccccc32)N1. The van der Waals surface area contributed by atoms with E-state index in [4.69, 9.17) is 0 Å². The van der Waals surface area contributed by atoms with Crippen molar-refractivity contribution in [3.8, 4) is 0 Å². The van der Waals surface area contributed by atoms with Crippen molar-refractivity contribution >= 4 is 17.4 Å². The minimum Gasteiger partial charge on any atom is -0.493 e. The van der Waals surface area contributed by atoms with Crippen LogP contribution in [0, 0.1) is 0 Å². The van der Waals surface area contributed by atoms with Gasteiger partial charge >= 0.3 is 0 Å². The molecule has 0 amide bonds. The van der Waals surface area contributed by atoms with E-state index in [1.165, 1.54) is 6.20 Å². The monoisotopic (exact) mass is 243 g/mol. The zero-order chi connectivity index (χ0) is 12.4. The highest BCUT2D eigenvalue weighted by atomic mass is 16.3. The van der Waals surface area contributed by atoms with E-state index in [-0.39, 0.29) is 5.88 Å². The van der Waals surface area contributed by atoms with E-state index in [2.05, 4.69) is 20.0 Å². The number of aromatic nitrogens is 2. The first kappa shape index (κ1) is 10.6. The quantitative estimate of drug-likeness (QED) is 0.851. The van der Waals surface area contributed by atoms with Crippen molar-refractivity contribution in [2.24, 2.45) is 4.99 Å². The number of para-hydroxylation sites is 2. The Hall–Kier alpha value is -2.50. The maximum absolute atomic E-state index is 9.28. The molecule has 2 N–H and O–H groups in total. The second-order valence-corrected chi connectivity index (χ2v) is 4.01. The second-order valence-electron chi connectivity index (χ2n) is 4.01. The Kier molecular flexibility index (Phi) is 2.60. The molecular weight excluding hydrogens is 230 g/mol. The number of hydrogen-bond donors (Lipinski definition) is 2. The van der Waals surface area contributed by atoms with Crippen molar-refractivity contribution in [1.82, 2.24) is 20.0 Å². The van der Waals surface area contributed by atoms with E-state index in [0.29, 0.717) is 6.54 Å². The second kappa shape index (κ2) is 4.40. The van der Waals surface area contributed by atoms with Crippen LogP contribution in [-0.4, -0.2) is 32.5 Å². The van der Waals surface area contributed by atoms with Gasteiger partial charge in [0.15, 0.2) is 0 Å².